The number of hydrogen-bond acceptors (Lipinski definition) is 3. The summed E-state index contributed by atoms with van der Waals surface area (Å²) in [6.07, 6.45) is 0. The highest BCUT2D eigenvalue weighted by Gasteiger charge is 2.39. The minimum atomic E-state index is -3.47. The highest BCUT2D eigenvalue weighted by atomic mass is 79.9. The van der Waals surface area contributed by atoms with E-state index in [2.05, 4.69) is 21.2 Å². The van der Waals surface area contributed by atoms with Crippen molar-refractivity contribution in [2.24, 2.45) is 0 Å². The fraction of sp³-hybridized carbons (Fsp3) is 0.538. The average molecular weight is 347 g/mol. The van der Waals surface area contributed by atoms with Gasteiger partial charge in [-0.3, -0.25) is 0 Å². The summed E-state index contributed by atoms with van der Waals surface area (Å²) in [6, 6.07) is 5.34. The number of nitrogens with zero attached hydrogens (tertiary/aromatic N) is 1. The Bertz CT molecular complexity index is 584. The third-order valence-electron chi connectivity index (χ3n) is 3.38. The molecule has 1 aromatic carbocycles. The van der Waals surface area contributed by atoms with Crippen molar-refractivity contribution in [2.75, 3.05) is 19.6 Å². The molecule has 0 aromatic heterocycles. The van der Waals surface area contributed by atoms with E-state index in [-0.39, 0.29) is 0 Å². The van der Waals surface area contributed by atoms with Gasteiger partial charge in [-0.1, -0.05) is 6.07 Å². The van der Waals surface area contributed by atoms with Crippen LogP contribution in [0.1, 0.15) is 19.4 Å². The van der Waals surface area contributed by atoms with Gasteiger partial charge in [0, 0.05) is 29.6 Å². The van der Waals surface area contributed by atoms with Gasteiger partial charge in [0.1, 0.15) is 0 Å². The molecule has 6 heteroatoms. The van der Waals surface area contributed by atoms with E-state index in [1.807, 2.05) is 32.9 Å². The Labute approximate surface area is 123 Å². The molecule has 0 saturated carbocycles. The second-order valence-corrected chi connectivity index (χ2v) is 8.19. The molecule has 0 bridgehead atoms. The zero-order chi connectivity index (χ0) is 14.3. The third-order valence-corrected chi connectivity index (χ3v) is 6.47. The molecule has 4 nitrogen and oxygen atoms in total. The summed E-state index contributed by atoms with van der Waals surface area (Å²) in [5.74, 6) is 0. The SMILES string of the molecule is Cc1ccc(S(=O)(=O)N2CCNCC2(C)C)c(Br)c1. The van der Waals surface area contributed by atoms with Crippen LogP contribution < -0.4 is 5.32 Å². The molecule has 2 rings (SSSR count). The molecule has 1 aromatic rings. The van der Waals surface area contributed by atoms with Gasteiger partial charge in [0.25, 0.3) is 0 Å². The molecule has 1 aliphatic rings. The van der Waals surface area contributed by atoms with E-state index in [9.17, 15) is 8.42 Å². The molecular weight excluding hydrogens is 328 g/mol. The lowest BCUT2D eigenvalue weighted by Crippen LogP contribution is -2.59. The van der Waals surface area contributed by atoms with Crippen LogP contribution in [0.3, 0.4) is 0 Å². The fourth-order valence-electron chi connectivity index (χ4n) is 2.35. The first-order valence-corrected chi connectivity index (χ1v) is 8.48. The van der Waals surface area contributed by atoms with Crippen molar-refractivity contribution in [1.82, 2.24) is 9.62 Å². The number of halogens is 1. The maximum atomic E-state index is 12.8. The number of piperazine rings is 1. The maximum Gasteiger partial charge on any atom is 0.244 e. The zero-order valence-corrected chi connectivity index (χ0v) is 13.8. The lowest BCUT2D eigenvalue weighted by molar-refractivity contribution is 0.186. The minimum Gasteiger partial charge on any atom is -0.314 e. The van der Waals surface area contributed by atoms with Gasteiger partial charge in [0.2, 0.25) is 10.0 Å². The molecule has 0 spiro atoms. The van der Waals surface area contributed by atoms with Crippen LogP contribution in [-0.2, 0) is 10.0 Å². The van der Waals surface area contributed by atoms with E-state index >= 15 is 0 Å². The normalized spacial score (nSPS) is 20.4. The van der Waals surface area contributed by atoms with Crippen molar-refractivity contribution < 1.29 is 8.42 Å². The van der Waals surface area contributed by atoms with Gasteiger partial charge in [0.05, 0.1) is 4.90 Å². The van der Waals surface area contributed by atoms with Crippen LogP contribution in [0.25, 0.3) is 0 Å². The second-order valence-electron chi connectivity index (χ2n) is 5.50. The Morgan fingerprint density at radius 1 is 1.37 bits per heavy atom. The molecule has 0 amide bonds. The summed E-state index contributed by atoms with van der Waals surface area (Å²) < 4.78 is 27.8. The van der Waals surface area contributed by atoms with E-state index in [0.717, 1.165) is 5.56 Å². The molecular formula is C13H19BrN2O2S. The monoisotopic (exact) mass is 346 g/mol. The first kappa shape index (κ1) is 15.0. The van der Waals surface area contributed by atoms with Crippen LogP contribution in [0.4, 0.5) is 0 Å². The summed E-state index contributed by atoms with van der Waals surface area (Å²) in [4.78, 5) is 0.341. The zero-order valence-electron chi connectivity index (χ0n) is 11.4. The van der Waals surface area contributed by atoms with Crippen LogP contribution in [0.5, 0.6) is 0 Å². The van der Waals surface area contributed by atoms with Crippen LogP contribution in [0.2, 0.25) is 0 Å². The standard InChI is InChI=1S/C13H19BrN2O2S/c1-10-4-5-12(11(14)8-10)19(17,18)16-7-6-15-9-13(16,2)3/h4-5,8,15H,6-7,9H2,1-3H3. The molecule has 106 valence electrons. The van der Waals surface area contributed by atoms with Gasteiger partial charge in [-0.2, -0.15) is 4.31 Å². The third kappa shape index (κ3) is 2.86. The van der Waals surface area contributed by atoms with Gasteiger partial charge < -0.3 is 5.32 Å². The number of aryl methyl sites for hydroxylation is 1. The minimum absolute atomic E-state index is 0.341. The highest BCUT2D eigenvalue weighted by Crippen LogP contribution is 2.30. The number of benzene rings is 1. The fourth-order valence-corrected chi connectivity index (χ4v) is 5.28. The predicted octanol–water partition coefficient (Wildman–Crippen LogP) is 2.13. The largest absolute Gasteiger partial charge is 0.314 e. The molecule has 0 atom stereocenters. The molecule has 1 N–H and O–H groups in total. The van der Waals surface area contributed by atoms with Gasteiger partial charge in [-0.05, 0) is 54.4 Å². The van der Waals surface area contributed by atoms with E-state index in [1.165, 1.54) is 0 Å². The lowest BCUT2D eigenvalue weighted by atomic mass is 10.0. The molecule has 1 saturated heterocycles. The first-order valence-electron chi connectivity index (χ1n) is 6.25. The Morgan fingerprint density at radius 2 is 2.05 bits per heavy atom. The summed E-state index contributed by atoms with van der Waals surface area (Å²) in [5.41, 5.74) is 0.618. The van der Waals surface area contributed by atoms with E-state index in [0.29, 0.717) is 29.0 Å². The van der Waals surface area contributed by atoms with Crippen LogP contribution in [0.15, 0.2) is 27.6 Å². The second kappa shape index (κ2) is 5.16. The maximum absolute atomic E-state index is 12.8. The van der Waals surface area contributed by atoms with Crippen molar-refractivity contribution >= 4 is 26.0 Å². The van der Waals surface area contributed by atoms with Crippen molar-refractivity contribution in [3.63, 3.8) is 0 Å². The molecule has 0 unspecified atom stereocenters. The Balaban J connectivity index is 2.47. The topological polar surface area (TPSA) is 49.4 Å². The number of sulfonamides is 1. The molecule has 0 aliphatic carbocycles. The van der Waals surface area contributed by atoms with Gasteiger partial charge in [-0.15, -0.1) is 0 Å². The quantitative estimate of drug-likeness (QED) is 0.892. The molecule has 1 aliphatic heterocycles. The number of nitrogens with one attached hydrogen (secondary N) is 1. The first-order chi connectivity index (χ1) is 8.75. The van der Waals surface area contributed by atoms with Crippen molar-refractivity contribution in [1.29, 1.82) is 0 Å². The van der Waals surface area contributed by atoms with E-state index in [1.54, 1.807) is 10.4 Å². The average Bonchev–Trinajstić information content (AvgIpc) is 2.27. The molecule has 1 fully saturated rings. The predicted molar refractivity (Wildman–Crippen MR) is 79.7 cm³/mol. The van der Waals surface area contributed by atoms with Crippen LogP contribution in [-0.4, -0.2) is 37.9 Å². The summed E-state index contributed by atoms with van der Waals surface area (Å²) in [7, 11) is -3.47. The Morgan fingerprint density at radius 3 is 2.63 bits per heavy atom. The lowest BCUT2D eigenvalue weighted by Gasteiger charge is -2.41. The van der Waals surface area contributed by atoms with Gasteiger partial charge in [0.15, 0.2) is 0 Å². The number of rotatable bonds is 2. The van der Waals surface area contributed by atoms with E-state index in [4.69, 9.17) is 0 Å². The molecule has 19 heavy (non-hydrogen) atoms. The molecule has 0 radical (unpaired) electrons. The Hall–Kier alpha value is -0.430. The highest BCUT2D eigenvalue weighted by molar-refractivity contribution is 9.10. The van der Waals surface area contributed by atoms with Crippen LogP contribution >= 0.6 is 15.9 Å². The summed E-state index contributed by atoms with van der Waals surface area (Å²) in [6.45, 7) is 7.67. The van der Waals surface area contributed by atoms with Crippen LogP contribution in [0, 0.1) is 6.92 Å². The van der Waals surface area contributed by atoms with Crippen molar-refractivity contribution in [3.05, 3.63) is 28.2 Å². The summed E-state index contributed by atoms with van der Waals surface area (Å²) in [5, 5.41) is 3.23. The number of hydrogen-bond donors (Lipinski definition) is 1. The van der Waals surface area contributed by atoms with E-state index < -0.39 is 15.6 Å². The molecule has 1 heterocycles. The van der Waals surface area contributed by atoms with Crippen molar-refractivity contribution in [3.8, 4) is 0 Å². The van der Waals surface area contributed by atoms with Crippen molar-refractivity contribution in [2.45, 2.75) is 31.2 Å². The van der Waals surface area contributed by atoms with Gasteiger partial charge >= 0.3 is 0 Å². The summed E-state index contributed by atoms with van der Waals surface area (Å²) >= 11 is 3.37. The van der Waals surface area contributed by atoms with Gasteiger partial charge in [-0.25, -0.2) is 8.42 Å². The smallest absolute Gasteiger partial charge is 0.244 e. The Kier molecular flexibility index (Phi) is 4.07.